The smallest absolute Gasteiger partial charge is 0.362 e. The second kappa shape index (κ2) is 15.2. The molecule has 0 radical (unpaired) electrons. The van der Waals surface area contributed by atoms with Gasteiger partial charge in [-0.2, -0.15) is 13.4 Å². The van der Waals surface area contributed by atoms with Gasteiger partial charge in [0.15, 0.2) is 11.6 Å². The Morgan fingerprint density at radius 2 is 1.71 bits per heavy atom. The molecule has 1 aliphatic heterocycles. The fraction of sp³-hybridized carbons (Fsp3) is 0.632. The number of carbonyl (C=O) groups is 4. The molecule has 0 unspecified atom stereocenters. The normalized spacial score (nSPS) is 25.4. The van der Waals surface area contributed by atoms with E-state index in [9.17, 15) is 27.6 Å². The molecule has 6 rings (SSSR count). The Bertz CT molecular complexity index is 1750. The van der Waals surface area contributed by atoms with E-state index in [-0.39, 0.29) is 55.4 Å². The van der Waals surface area contributed by atoms with E-state index in [1.165, 1.54) is 4.90 Å². The van der Waals surface area contributed by atoms with Crippen LogP contribution in [0.4, 0.5) is 0 Å². The number of hydrogen-bond acceptors (Lipinski definition) is 11. The van der Waals surface area contributed by atoms with Crippen LogP contribution in [-0.4, -0.2) is 77.8 Å². The van der Waals surface area contributed by atoms with Gasteiger partial charge in [0.25, 0.3) is 0 Å². The monoisotopic (exact) mass is 738 g/mol. The standard InChI is InChI=1S/C38H50N4O9S/c1-5-25-21-38(25,36(46)41-52(47,48)51-27-15-16-27)22-31(43)30-19-28(49-32-17-18-39-34(40-32)24-11-7-6-8-12-24)23-42(30)35(45)29(37(2,3)4)20-33(44)50-26-13-9-10-14-26/h6-8,11-12,17-18,25-30H,5,9-10,13-16,19-23H2,1-4H3,(H,41,46)/t25-,28-,29-,30+,38-/m1/s1. The molecule has 1 aromatic carbocycles. The second-order valence-electron chi connectivity index (χ2n) is 15.9. The van der Waals surface area contributed by atoms with Crippen LogP contribution in [0.1, 0.15) is 98.3 Å². The molecule has 0 spiro atoms. The van der Waals surface area contributed by atoms with Gasteiger partial charge in [-0.3, -0.25) is 23.4 Å². The van der Waals surface area contributed by atoms with Crippen LogP contribution >= 0.6 is 0 Å². The summed E-state index contributed by atoms with van der Waals surface area (Å²) in [6, 6.07) is 10.0. The minimum absolute atomic E-state index is 0.0458. The number of carbonyl (C=O) groups excluding carboxylic acids is 4. The average Bonchev–Trinajstić information content (AvgIpc) is 3.93. The molecule has 1 saturated heterocycles. The first-order valence-corrected chi connectivity index (χ1v) is 19.9. The second-order valence-corrected chi connectivity index (χ2v) is 17.2. The number of aromatic nitrogens is 2. The lowest BCUT2D eigenvalue weighted by atomic mass is 9.77. The van der Waals surface area contributed by atoms with Crippen molar-refractivity contribution in [2.45, 2.75) is 123 Å². The van der Waals surface area contributed by atoms with E-state index in [1.54, 1.807) is 12.3 Å². The van der Waals surface area contributed by atoms with Crippen LogP contribution in [0.5, 0.6) is 5.88 Å². The fourth-order valence-corrected chi connectivity index (χ4v) is 8.64. The molecule has 13 nitrogen and oxygen atoms in total. The van der Waals surface area contributed by atoms with Crippen molar-refractivity contribution in [2.24, 2.45) is 22.7 Å². The molecular weight excluding hydrogens is 689 g/mol. The van der Waals surface area contributed by atoms with E-state index in [0.29, 0.717) is 31.5 Å². The van der Waals surface area contributed by atoms with Crippen molar-refractivity contribution < 1.29 is 41.3 Å². The summed E-state index contributed by atoms with van der Waals surface area (Å²) >= 11 is 0. The molecule has 1 aromatic heterocycles. The minimum Gasteiger partial charge on any atom is -0.472 e. The molecule has 0 bridgehead atoms. The van der Waals surface area contributed by atoms with Crippen LogP contribution in [0, 0.1) is 22.7 Å². The van der Waals surface area contributed by atoms with Crippen LogP contribution in [-0.2, 0) is 38.4 Å². The number of likely N-dealkylation sites (tertiary alicyclic amines) is 1. The predicted molar refractivity (Wildman–Crippen MR) is 190 cm³/mol. The van der Waals surface area contributed by atoms with Gasteiger partial charge in [0.1, 0.15) is 12.2 Å². The molecular formula is C38H50N4O9S. The first-order chi connectivity index (χ1) is 24.7. The summed E-state index contributed by atoms with van der Waals surface area (Å²) in [6.07, 6.45) is 5.77. The van der Waals surface area contributed by atoms with Gasteiger partial charge < -0.3 is 14.4 Å². The van der Waals surface area contributed by atoms with Gasteiger partial charge in [0.05, 0.1) is 36.4 Å². The zero-order chi connectivity index (χ0) is 37.3. The molecule has 4 aliphatic rings. The molecule has 2 heterocycles. The molecule has 4 fully saturated rings. The zero-order valence-electron chi connectivity index (χ0n) is 30.4. The average molecular weight is 739 g/mol. The van der Waals surface area contributed by atoms with Gasteiger partial charge in [-0.05, 0) is 56.3 Å². The summed E-state index contributed by atoms with van der Waals surface area (Å²) in [5.74, 6) is -2.25. The van der Waals surface area contributed by atoms with Crippen molar-refractivity contribution in [3.8, 4) is 17.3 Å². The summed E-state index contributed by atoms with van der Waals surface area (Å²) in [5, 5.41) is 0. The molecule has 3 saturated carbocycles. The zero-order valence-corrected chi connectivity index (χ0v) is 31.2. The Balaban J connectivity index is 1.24. The van der Waals surface area contributed by atoms with E-state index < -0.39 is 57.2 Å². The van der Waals surface area contributed by atoms with Gasteiger partial charge in [-0.15, -0.1) is 0 Å². The third-order valence-corrected chi connectivity index (χ3v) is 11.8. The predicted octanol–water partition coefficient (Wildman–Crippen LogP) is 4.95. The Kier molecular flexibility index (Phi) is 11.1. The molecule has 1 N–H and O–H groups in total. The number of ether oxygens (including phenoxy) is 2. The van der Waals surface area contributed by atoms with E-state index >= 15 is 0 Å². The van der Waals surface area contributed by atoms with E-state index in [4.69, 9.17) is 13.7 Å². The van der Waals surface area contributed by atoms with Gasteiger partial charge in [0.2, 0.25) is 17.7 Å². The largest absolute Gasteiger partial charge is 0.472 e. The van der Waals surface area contributed by atoms with E-state index in [1.807, 2.05) is 58.0 Å². The molecule has 2 amide bonds. The van der Waals surface area contributed by atoms with E-state index in [0.717, 1.165) is 31.2 Å². The number of Topliss-reactive ketones (excluding diaryl/α,β-unsaturated/α-hetero) is 1. The van der Waals surface area contributed by atoms with Gasteiger partial charge in [0, 0.05) is 30.7 Å². The summed E-state index contributed by atoms with van der Waals surface area (Å²) in [7, 11) is -4.34. The Labute approximate surface area is 305 Å². The molecule has 2 aromatic rings. The van der Waals surface area contributed by atoms with Crippen LogP contribution < -0.4 is 9.46 Å². The van der Waals surface area contributed by atoms with Crippen molar-refractivity contribution in [3.05, 3.63) is 42.6 Å². The lowest BCUT2D eigenvalue weighted by Crippen LogP contribution is -2.48. The highest BCUT2D eigenvalue weighted by atomic mass is 32.2. The van der Waals surface area contributed by atoms with Crippen molar-refractivity contribution in [1.29, 1.82) is 0 Å². The molecule has 14 heteroatoms. The van der Waals surface area contributed by atoms with Crippen molar-refractivity contribution in [1.82, 2.24) is 19.6 Å². The topological polar surface area (TPSA) is 171 Å². The SMILES string of the molecule is CC[C@@H]1C[C@]1(CC(=O)[C@@H]1C[C@@H](Oc2ccnc(-c3ccccc3)n2)CN1C(=O)[C@@H](CC(=O)OC1CCCC1)C(C)(C)C)C(=O)NS(=O)(=O)OC1CC1. The summed E-state index contributed by atoms with van der Waals surface area (Å²) in [5.41, 5.74) is -1.11. The highest BCUT2D eigenvalue weighted by Crippen LogP contribution is 2.58. The van der Waals surface area contributed by atoms with E-state index in [2.05, 4.69) is 14.7 Å². The van der Waals surface area contributed by atoms with Crippen LogP contribution in [0.3, 0.4) is 0 Å². The Morgan fingerprint density at radius 1 is 1.00 bits per heavy atom. The number of hydrogen-bond donors (Lipinski definition) is 1. The molecule has 52 heavy (non-hydrogen) atoms. The number of esters is 1. The maximum absolute atomic E-state index is 14.6. The van der Waals surface area contributed by atoms with Crippen LogP contribution in [0.25, 0.3) is 11.4 Å². The fourth-order valence-electron chi connectivity index (χ4n) is 7.61. The van der Waals surface area contributed by atoms with Crippen LogP contribution in [0.2, 0.25) is 0 Å². The summed E-state index contributed by atoms with van der Waals surface area (Å²) in [4.78, 5) is 66.1. The minimum atomic E-state index is -4.34. The Hall–Kier alpha value is -3.91. The molecule has 5 atom stereocenters. The maximum Gasteiger partial charge on any atom is 0.362 e. The van der Waals surface area contributed by atoms with Crippen molar-refractivity contribution >= 4 is 33.9 Å². The highest BCUT2D eigenvalue weighted by Gasteiger charge is 2.61. The third kappa shape index (κ3) is 8.99. The number of nitrogens with zero attached hydrogens (tertiary/aromatic N) is 3. The van der Waals surface area contributed by atoms with Gasteiger partial charge in [-0.1, -0.05) is 64.4 Å². The lowest BCUT2D eigenvalue weighted by Gasteiger charge is -2.35. The Morgan fingerprint density at radius 3 is 2.35 bits per heavy atom. The van der Waals surface area contributed by atoms with Crippen molar-refractivity contribution in [2.75, 3.05) is 6.54 Å². The molecule has 3 aliphatic carbocycles. The first-order valence-electron chi connectivity index (χ1n) is 18.5. The number of nitrogens with one attached hydrogen (secondary N) is 1. The highest BCUT2D eigenvalue weighted by molar-refractivity contribution is 7.85. The first kappa shape index (κ1) is 37.8. The van der Waals surface area contributed by atoms with Gasteiger partial charge >= 0.3 is 16.3 Å². The number of amides is 2. The lowest BCUT2D eigenvalue weighted by molar-refractivity contribution is -0.156. The summed E-state index contributed by atoms with van der Waals surface area (Å²) < 4.78 is 44.3. The number of ketones is 1. The number of rotatable bonds is 15. The quantitative estimate of drug-likeness (QED) is 0.245. The number of benzene rings is 1. The maximum atomic E-state index is 14.6. The third-order valence-electron chi connectivity index (χ3n) is 10.9. The molecule has 282 valence electrons. The van der Waals surface area contributed by atoms with Crippen molar-refractivity contribution in [3.63, 3.8) is 0 Å². The van der Waals surface area contributed by atoms with Gasteiger partial charge in [-0.25, -0.2) is 9.71 Å². The van der Waals surface area contributed by atoms with Crippen LogP contribution in [0.15, 0.2) is 42.6 Å². The summed E-state index contributed by atoms with van der Waals surface area (Å²) in [6.45, 7) is 7.57.